The Morgan fingerprint density at radius 1 is 1.06 bits per heavy atom. The minimum atomic E-state index is 0.149. The molecule has 0 bridgehead atoms. The van der Waals surface area contributed by atoms with Crippen molar-refractivity contribution in [3.63, 3.8) is 0 Å². The highest BCUT2D eigenvalue weighted by atomic mass is 16.3. The average molecular weight is 473 g/mol. The highest BCUT2D eigenvalue weighted by Gasteiger charge is 2.20. The summed E-state index contributed by atoms with van der Waals surface area (Å²) in [7, 11) is 0. The van der Waals surface area contributed by atoms with Crippen LogP contribution in [0.3, 0.4) is 0 Å². The zero-order valence-electron chi connectivity index (χ0n) is 21.8. The van der Waals surface area contributed by atoms with E-state index >= 15 is 0 Å². The first-order valence-electron chi connectivity index (χ1n) is 12.5. The summed E-state index contributed by atoms with van der Waals surface area (Å²) in [5, 5.41) is 5.92. The van der Waals surface area contributed by atoms with Crippen LogP contribution in [-0.2, 0) is 17.8 Å². The smallest absolute Gasteiger partial charge is 0.223 e. The van der Waals surface area contributed by atoms with Crippen LogP contribution in [0.4, 0.5) is 0 Å². The van der Waals surface area contributed by atoms with Gasteiger partial charge in [0.05, 0.1) is 24.2 Å². The number of nitrogens with zero attached hydrogens (tertiary/aromatic N) is 4. The second-order valence-electron chi connectivity index (χ2n) is 9.51. The summed E-state index contributed by atoms with van der Waals surface area (Å²) in [6, 6.07) is 10.2. The van der Waals surface area contributed by atoms with Gasteiger partial charge in [0, 0.05) is 24.0 Å². The predicted octanol–water partition coefficient (Wildman–Crippen LogP) is 6.32. The van der Waals surface area contributed by atoms with Gasteiger partial charge >= 0.3 is 0 Å². The standard InChI is InChI=1S/C29H36N4O2/c1-7-8-15-32(18-25-10-9-16-35-25)27(34)14-13-26-21(4)28-23(6)31-33(29(28)30-22(26)5)24-12-11-19(2)20(3)17-24/h9-12,16-17H,7-8,13-15,18H2,1-6H3. The van der Waals surface area contributed by atoms with Crippen LogP contribution in [0.1, 0.15) is 65.6 Å². The van der Waals surface area contributed by atoms with Crippen molar-refractivity contribution >= 4 is 16.9 Å². The molecule has 1 amide bonds. The lowest BCUT2D eigenvalue weighted by Gasteiger charge is -2.22. The zero-order valence-corrected chi connectivity index (χ0v) is 21.8. The van der Waals surface area contributed by atoms with Gasteiger partial charge in [-0.15, -0.1) is 0 Å². The molecule has 35 heavy (non-hydrogen) atoms. The molecule has 184 valence electrons. The van der Waals surface area contributed by atoms with Crippen molar-refractivity contribution in [1.29, 1.82) is 0 Å². The number of carbonyl (C=O) groups excluding carboxylic acids is 1. The fourth-order valence-electron chi connectivity index (χ4n) is 4.73. The van der Waals surface area contributed by atoms with Crippen molar-refractivity contribution in [2.45, 2.75) is 73.8 Å². The Hall–Kier alpha value is -3.41. The Bertz CT molecular complexity index is 1330. The highest BCUT2D eigenvalue weighted by Crippen LogP contribution is 2.29. The molecule has 0 aliphatic rings. The van der Waals surface area contributed by atoms with E-state index in [0.717, 1.165) is 58.8 Å². The number of pyridine rings is 1. The van der Waals surface area contributed by atoms with Crippen molar-refractivity contribution in [2.24, 2.45) is 0 Å². The normalized spacial score (nSPS) is 11.4. The molecule has 6 nitrogen and oxygen atoms in total. The fourth-order valence-corrected chi connectivity index (χ4v) is 4.73. The summed E-state index contributed by atoms with van der Waals surface area (Å²) in [6.45, 7) is 13.8. The topological polar surface area (TPSA) is 64.2 Å². The number of amides is 1. The molecule has 0 aliphatic heterocycles. The number of furan rings is 1. The molecule has 0 radical (unpaired) electrons. The molecule has 4 rings (SSSR count). The number of unbranched alkanes of at least 4 members (excludes halogenated alkanes) is 1. The Labute approximate surface area is 208 Å². The molecule has 0 atom stereocenters. The molecule has 0 N–H and O–H groups in total. The van der Waals surface area contributed by atoms with Gasteiger partial charge in [0.15, 0.2) is 5.65 Å². The minimum Gasteiger partial charge on any atom is -0.467 e. The van der Waals surface area contributed by atoms with Gasteiger partial charge in [-0.25, -0.2) is 9.67 Å². The number of aromatic nitrogens is 3. The van der Waals surface area contributed by atoms with Gasteiger partial charge in [-0.3, -0.25) is 4.79 Å². The molecular formula is C29H36N4O2. The molecular weight excluding hydrogens is 436 g/mol. The third kappa shape index (κ3) is 5.16. The van der Waals surface area contributed by atoms with Crippen molar-refractivity contribution < 1.29 is 9.21 Å². The molecule has 1 aromatic carbocycles. The van der Waals surface area contributed by atoms with E-state index < -0.39 is 0 Å². The van der Waals surface area contributed by atoms with Crippen LogP contribution in [-0.4, -0.2) is 32.1 Å². The number of benzene rings is 1. The van der Waals surface area contributed by atoms with Crippen molar-refractivity contribution in [1.82, 2.24) is 19.7 Å². The van der Waals surface area contributed by atoms with E-state index in [-0.39, 0.29) is 5.91 Å². The van der Waals surface area contributed by atoms with Gasteiger partial charge in [0.1, 0.15) is 5.76 Å². The van der Waals surface area contributed by atoms with Gasteiger partial charge in [0.25, 0.3) is 0 Å². The maximum Gasteiger partial charge on any atom is 0.223 e. The summed E-state index contributed by atoms with van der Waals surface area (Å²) in [5.74, 6) is 0.968. The second kappa shape index (κ2) is 10.5. The Kier molecular flexibility index (Phi) is 7.39. The third-order valence-corrected chi connectivity index (χ3v) is 6.96. The van der Waals surface area contributed by atoms with Crippen molar-refractivity contribution in [3.05, 3.63) is 76.0 Å². The predicted molar refractivity (Wildman–Crippen MR) is 140 cm³/mol. The van der Waals surface area contributed by atoms with Crippen LogP contribution in [0, 0.1) is 34.6 Å². The van der Waals surface area contributed by atoms with Gasteiger partial charge < -0.3 is 9.32 Å². The summed E-state index contributed by atoms with van der Waals surface area (Å²) < 4.78 is 7.44. The second-order valence-corrected chi connectivity index (χ2v) is 9.51. The molecule has 0 unspecified atom stereocenters. The summed E-state index contributed by atoms with van der Waals surface area (Å²) in [5.41, 5.74) is 8.60. The monoisotopic (exact) mass is 472 g/mol. The first kappa shape index (κ1) is 24.7. The molecule has 0 fully saturated rings. The van der Waals surface area contributed by atoms with Crippen LogP contribution in [0.25, 0.3) is 16.7 Å². The first-order valence-corrected chi connectivity index (χ1v) is 12.5. The Morgan fingerprint density at radius 3 is 2.54 bits per heavy atom. The SMILES string of the molecule is CCCCN(Cc1ccco1)C(=O)CCc1c(C)nc2c(c(C)nn2-c2ccc(C)c(C)c2)c1C. The van der Waals surface area contributed by atoms with Crippen molar-refractivity contribution in [2.75, 3.05) is 6.54 Å². The molecule has 0 spiro atoms. The van der Waals surface area contributed by atoms with Crippen LogP contribution >= 0.6 is 0 Å². The Morgan fingerprint density at radius 2 is 1.86 bits per heavy atom. The van der Waals surface area contributed by atoms with E-state index in [0.29, 0.717) is 19.4 Å². The number of carbonyl (C=O) groups is 1. The molecule has 4 aromatic rings. The molecule has 3 aromatic heterocycles. The molecule has 0 saturated carbocycles. The molecule has 6 heteroatoms. The summed E-state index contributed by atoms with van der Waals surface area (Å²) in [6.07, 6.45) is 4.79. The lowest BCUT2D eigenvalue weighted by molar-refractivity contribution is -0.132. The van der Waals surface area contributed by atoms with Gasteiger partial charge in [-0.05, 0) is 94.0 Å². The number of hydrogen-bond donors (Lipinski definition) is 0. The van der Waals surface area contributed by atoms with E-state index in [2.05, 4.69) is 45.9 Å². The van der Waals surface area contributed by atoms with Gasteiger partial charge in [0.2, 0.25) is 5.91 Å². The van der Waals surface area contributed by atoms with E-state index in [1.165, 1.54) is 16.7 Å². The lowest BCUT2D eigenvalue weighted by atomic mass is 9.99. The van der Waals surface area contributed by atoms with E-state index in [4.69, 9.17) is 14.5 Å². The fraction of sp³-hybridized carbons (Fsp3) is 0.414. The number of fused-ring (bicyclic) bond motifs is 1. The van der Waals surface area contributed by atoms with Gasteiger partial charge in [-0.1, -0.05) is 19.4 Å². The summed E-state index contributed by atoms with van der Waals surface area (Å²) >= 11 is 0. The third-order valence-electron chi connectivity index (χ3n) is 6.96. The van der Waals surface area contributed by atoms with Crippen LogP contribution < -0.4 is 0 Å². The molecule has 3 heterocycles. The Balaban J connectivity index is 1.60. The van der Waals surface area contributed by atoms with Crippen LogP contribution in [0.2, 0.25) is 0 Å². The van der Waals surface area contributed by atoms with Gasteiger partial charge in [-0.2, -0.15) is 5.10 Å². The zero-order chi connectivity index (χ0) is 25.1. The van der Waals surface area contributed by atoms with Crippen molar-refractivity contribution in [3.8, 4) is 5.69 Å². The maximum atomic E-state index is 13.2. The number of rotatable bonds is 9. The summed E-state index contributed by atoms with van der Waals surface area (Å²) in [4.78, 5) is 20.1. The van der Waals surface area contributed by atoms with Crippen LogP contribution in [0.15, 0.2) is 41.0 Å². The highest BCUT2D eigenvalue weighted by molar-refractivity contribution is 5.85. The maximum absolute atomic E-state index is 13.2. The van der Waals surface area contributed by atoms with Crippen LogP contribution in [0.5, 0.6) is 0 Å². The minimum absolute atomic E-state index is 0.149. The van der Waals surface area contributed by atoms with E-state index in [9.17, 15) is 4.79 Å². The lowest BCUT2D eigenvalue weighted by Crippen LogP contribution is -2.31. The molecule has 0 aliphatic carbocycles. The first-order chi connectivity index (χ1) is 16.8. The number of hydrogen-bond acceptors (Lipinski definition) is 4. The largest absolute Gasteiger partial charge is 0.467 e. The molecule has 0 saturated heterocycles. The van der Waals surface area contributed by atoms with E-state index in [1.54, 1.807) is 6.26 Å². The number of aryl methyl sites for hydroxylation is 5. The van der Waals surface area contributed by atoms with E-state index in [1.807, 2.05) is 35.6 Å². The quantitative estimate of drug-likeness (QED) is 0.286. The average Bonchev–Trinajstić information content (AvgIpc) is 3.45.